The number of amides is 2. The standard InChI is InChI=1S/C19H22ClN3O5S/c1-13-4-10-17(11-5-13)29(26,27)23(3)12-18(24)21-22-19(25)14(2)28-16-8-6-15(20)7-9-16/h4-11,14H,12H2,1-3H3,(H,21,24)(H,22,25). The summed E-state index contributed by atoms with van der Waals surface area (Å²) < 4.78 is 31.3. The second-order valence-electron chi connectivity index (χ2n) is 6.33. The van der Waals surface area contributed by atoms with Gasteiger partial charge in [-0.15, -0.1) is 0 Å². The molecule has 8 nitrogen and oxygen atoms in total. The molecule has 0 saturated carbocycles. The van der Waals surface area contributed by atoms with Crippen molar-refractivity contribution in [3.63, 3.8) is 0 Å². The maximum atomic E-state index is 12.5. The summed E-state index contributed by atoms with van der Waals surface area (Å²) in [7, 11) is -2.54. The van der Waals surface area contributed by atoms with E-state index in [1.165, 1.54) is 26.1 Å². The number of hydrogen-bond donors (Lipinski definition) is 2. The molecule has 0 radical (unpaired) electrons. The molecule has 2 aromatic carbocycles. The quantitative estimate of drug-likeness (QED) is 0.641. The molecule has 2 amide bonds. The number of nitrogens with one attached hydrogen (secondary N) is 2. The van der Waals surface area contributed by atoms with E-state index in [0.717, 1.165) is 9.87 Å². The molecule has 0 saturated heterocycles. The summed E-state index contributed by atoms with van der Waals surface area (Å²) in [6, 6.07) is 12.7. The molecule has 0 spiro atoms. The number of aryl methyl sites for hydroxylation is 1. The zero-order valence-electron chi connectivity index (χ0n) is 16.2. The second-order valence-corrected chi connectivity index (χ2v) is 8.81. The molecule has 10 heteroatoms. The van der Waals surface area contributed by atoms with E-state index in [0.29, 0.717) is 10.8 Å². The van der Waals surface area contributed by atoms with Crippen LogP contribution in [0.1, 0.15) is 12.5 Å². The highest BCUT2D eigenvalue weighted by atomic mass is 35.5. The number of carbonyl (C=O) groups excluding carboxylic acids is 2. The Bertz CT molecular complexity index is 962. The third-order valence-corrected chi connectivity index (χ3v) is 5.99. The molecule has 0 aliphatic rings. The molecule has 29 heavy (non-hydrogen) atoms. The van der Waals surface area contributed by atoms with Gasteiger partial charge in [0.15, 0.2) is 6.10 Å². The second kappa shape index (κ2) is 9.73. The lowest BCUT2D eigenvalue weighted by molar-refractivity contribution is -0.132. The van der Waals surface area contributed by atoms with Gasteiger partial charge in [-0.2, -0.15) is 4.31 Å². The number of ether oxygens (including phenoxy) is 1. The van der Waals surface area contributed by atoms with Crippen LogP contribution in [-0.4, -0.2) is 44.2 Å². The normalized spacial score (nSPS) is 12.3. The molecular weight excluding hydrogens is 418 g/mol. The van der Waals surface area contributed by atoms with E-state index in [1.807, 2.05) is 6.92 Å². The fourth-order valence-electron chi connectivity index (χ4n) is 2.22. The van der Waals surface area contributed by atoms with E-state index in [4.69, 9.17) is 16.3 Å². The lowest BCUT2D eigenvalue weighted by Crippen LogP contribution is -2.50. The van der Waals surface area contributed by atoms with Crippen LogP contribution < -0.4 is 15.6 Å². The van der Waals surface area contributed by atoms with E-state index < -0.39 is 34.5 Å². The summed E-state index contributed by atoms with van der Waals surface area (Å²) in [4.78, 5) is 24.1. The van der Waals surface area contributed by atoms with Crippen LogP contribution in [-0.2, 0) is 19.6 Å². The van der Waals surface area contributed by atoms with Crippen molar-refractivity contribution in [2.45, 2.75) is 24.8 Å². The highest BCUT2D eigenvalue weighted by Crippen LogP contribution is 2.17. The van der Waals surface area contributed by atoms with Gasteiger partial charge in [-0.25, -0.2) is 8.42 Å². The summed E-state index contributed by atoms with van der Waals surface area (Å²) in [6.45, 7) is 2.88. The summed E-state index contributed by atoms with van der Waals surface area (Å²) in [5, 5.41) is 0.534. The van der Waals surface area contributed by atoms with Crippen molar-refractivity contribution < 1.29 is 22.7 Å². The highest BCUT2D eigenvalue weighted by molar-refractivity contribution is 7.89. The Balaban J connectivity index is 1.85. The number of hydrazine groups is 1. The van der Waals surface area contributed by atoms with Gasteiger partial charge in [0.2, 0.25) is 10.0 Å². The van der Waals surface area contributed by atoms with Gasteiger partial charge in [0.05, 0.1) is 11.4 Å². The first-order valence-electron chi connectivity index (χ1n) is 8.63. The first-order valence-corrected chi connectivity index (χ1v) is 10.5. The van der Waals surface area contributed by atoms with Crippen LogP contribution in [0.4, 0.5) is 0 Å². The molecule has 2 N–H and O–H groups in total. The van der Waals surface area contributed by atoms with Crippen LogP contribution >= 0.6 is 11.6 Å². The number of likely N-dealkylation sites (N-methyl/N-ethyl adjacent to an activating group) is 1. The van der Waals surface area contributed by atoms with Gasteiger partial charge in [0.25, 0.3) is 11.8 Å². The molecule has 2 aromatic rings. The first-order chi connectivity index (χ1) is 13.6. The highest BCUT2D eigenvalue weighted by Gasteiger charge is 2.23. The Labute approximate surface area is 174 Å². The zero-order chi connectivity index (χ0) is 21.6. The van der Waals surface area contributed by atoms with Gasteiger partial charge < -0.3 is 4.74 Å². The third kappa shape index (κ3) is 6.45. The molecule has 2 rings (SSSR count). The summed E-state index contributed by atoms with van der Waals surface area (Å²) in [5.41, 5.74) is 5.30. The SMILES string of the molecule is Cc1ccc(S(=O)(=O)N(C)CC(=O)NNC(=O)C(C)Oc2ccc(Cl)cc2)cc1. The van der Waals surface area contributed by atoms with Gasteiger partial charge in [-0.05, 0) is 50.2 Å². The number of carbonyl (C=O) groups is 2. The molecule has 1 unspecified atom stereocenters. The van der Waals surface area contributed by atoms with E-state index in [-0.39, 0.29) is 4.90 Å². The maximum absolute atomic E-state index is 12.5. The van der Waals surface area contributed by atoms with Crippen LogP contribution in [0.3, 0.4) is 0 Å². The van der Waals surface area contributed by atoms with Crippen LogP contribution in [0, 0.1) is 6.92 Å². The smallest absolute Gasteiger partial charge is 0.279 e. The van der Waals surface area contributed by atoms with Gasteiger partial charge in [0.1, 0.15) is 5.75 Å². The molecule has 0 aliphatic carbocycles. The summed E-state index contributed by atoms with van der Waals surface area (Å²) in [5.74, 6) is -0.861. The fourth-order valence-corrected chi connectivity index (χ4v) is 3.47. The van der Waals surface area contributed by atoms with Crippen LogP contribution in [0.15, 0.2) is 53.4 Å². The van der Waals surface area contributed by atoms with Crippen molar-refractivity contribution in [3.05, 3.63) is 59.1 Å². The molecule has 0 fully saturated rings. The van der Waals surface area contributed by atoms with Gasteiger partial charge in [-0.3, -0.25) is 20.4 Å². The molecule has 1 atom stereocenters. The average molecular weight is 440 g/mol. The van der Waals surface area contributed by atoms with Gasteiger partial charge >= 0.3 is 0 Å². The predicted molar refractivity (Wildman–Crippen MR) is 109 cm³/mol. The average Bonchev–Trinajstić information content (AvgIpc) is 2.68. The van der Waals surface area contributed by atoms with Crippen molar-refractivity contribution in [3.8, 4) is 5.75 Å². The predicted octanol–water partition coefficient (Wildman–Crippen LogP) is 1.88. The van der Waals surface area contributed by atoms with E-state index >= 15 is 0 Å². The van der Waals surface area contributed by atoms with Crippen molar-refractivity contribution in [1.82, 2.24) is 15.2 Å². The van der Waals surface area contributed by atoms with E-state index in [2.05, 4.69) is 10.9 Å². The van der Waals surface area contributed by atoms with Gasteiger partial charge in [-0.1, -0.05) is 29.3 Å². The lowest BCUT2D eigenvalue weighted by Gasteiger charge is -2.18. The number of benzene rings is 2. The van der Waals surface area contributed by atoms with Crippen LogP contribution in [0.5, 0.6) is 5.75 Å². The maximum Gasteiger partial charge on any atom is 0.279 e. The fraction of sp³-hybridized carbons (Fsp3) is 0.263. The Hall–Kier alpha value is -2.62. The molecule has 0 aliphatic heterocycles. The monoisotopic (exact) mass is 439 g/mol. The topological polar surface area (TPSA) is 105 Å². The van der Waals surface area contributed by atoms with Gasteiger partial charge in [0, 0.05) is 12.1 Å². The molecule has 0 aromatic heterocycles. The number of halogens is 1. The van der Waals surface area contributed by atoms with Crippen molar-refractivity contribution in [1.29, 1.82) is 0 Å². The van der Waals surface area contributed by atoms with Crippen molar-refractivity contribution in [2.24, 2.45) is 0 Å². The minimum absolute atomic E-state index is 0.0763. The first kappa shape index (κ1) is 22.7. The molecular formula is C19H22ClN3O5S. The number of nitrogens with zero attached hydrogens (tertiary/aromatic N) is 1. The largest absolute Gasteiger partial charge is 0.481 e. The molecule has 0 bridgehead atoms. The number of sulfonamides is 1. The zero-order valence-corrected chi connectivity index (χ0v) is 17.8. The molecule has 156 valence electrons. The number of hydrogen-bond acceptors (Lipinski definition) is 5. The van der Waals surface area contributed by atoms with Crippen molar-refractivity contribution in [2.75, 3.05) is 13.6 Å². The minimum atomic E-state index is -3.83. The number of rotatable bonds is 7. The van der Waals surface area contributed by atoms with Crippen LogP contribution in [0.2, 0.25) is 5.02 Å². The minimum Gasteiger partial charge on any atom is -0.481 e. The Kier molecular flexibility index (Phi) is 7.60. The van der Waals surface area contributed by atoms with E-state index in [1.54, 1.807) is 36.4 Å². The van der Waals surface area contributed by atoms with Crippen LogP contribution in [0.25, 0.3) is 0 Å². The Morgan fingerprint density at radius 2 is 1.66 bits per heavy atom. The molecule has 0 heterocycles. The Morgan fingerprint density at radius 1 is 1.07 bits per heavy atom. The van der Waals surface area contributed by atoms with E-state index in [9.17, 15) is 18.0 Å². The Morgan fingerprint density at radius 3 is 2.24 bits per heavy atom. The lowest BCUT2D eigenvalue weighted by atomic mass is 10.2. The van der Waals surface area contributed by atoms with Crippen molar-refractivity contribution >= 4 is 33.4 Å². The third-order valence-electron chi connectivity index (χ3n) is 3.92. The summed E-state index contributed by atoms with van der Waals surface area (Å²) in [6.07, 6.45) is -0.898. The summed E-state index contributed by atoms with van der Waals surface area (Å²) >= 11 is 5.79.